The number of hydrogen-bond donors (Lipinski definition) is 3. The van der Waals surface area contributed by atoms with Crippen LogP contribution in [0.4, 0.5) is 15.8 Å². The summed E-state index contributed by atoms with van der Waals surface area (Å²) >= 11 is 0. The van der Waals surface area contributed by atoms with Crippen molar-refractivity contribution in [3.63, 3.8) is 0 Å². The van der Waals surface area contributed by atoms with Gasteiger partial charge in [0.05, 0.1) is 46.2 Å². The second kappa shape index (κ2) is 10.5. The Kier molecular flexibility index (Phi) is 6.62. The predicted molar refractivity (Wildman–Crippen MR) is 157 cm³/mol. The second-order valence-corrected chi connectivity index (χ2v) is 11.9. The topological polar surface area (TPSA) is 170 Å². The van der Waals surface area contributed by atoms with Crippen molar-refractivity contribution in [3.8, 4) is 5.75 Å². The lowest BCUT2D eigenvalue weighted by Gasteiger charge is -2.44. The number of halogens is 1. The summed E-state index contributed by atoms with van der Waals surface area (Å²) in [6.07, 6.45) is 1.81. The van der Waals surface area contributed by atoms with Crippen molar-refractivity contribution >= 4 is 46.9 Å². The number of carboxylic acids is 2. The summed E-state index contributed by atoms with van der Waals surface area (Å²) in [5, 5.41) is 29.9. The molecular weight excluding hydrogens is 599 g/mol. The van der Waals surface area contributed by atoms with Crippen molar-refractivity contribution in [2.75, 3.05) is 9.80 Å². The minimum absolute atomic E-state index is 0.00797. The molecule has 3 N–H and O–H groups in total. The Morgan fingerprint density at radius 1 is 0.696 bits per heavy atom. The van der Waals surface area contributed by atoms with Crippen LogP contribution in [0.15, 0.2) is 78.4 Å². The van der Waals surface area contributed by atoms with Gasteiger partial charge in [-0.1, -0.05) is 35.9 Å². The zero-order valence-electron chi connectivity index (χ0n) is 23.9. The van der Waals surface area contributed by atoms with E-state index in [4.69, 9.17) is 0 Å². The summed E-state index contributed by atoms with van der Waals surface area (Å²) in [6, 6.07) is 14.7. The molecule has 232 valence electrons. The molecule has 0 bridgehead atoms. The van der Waals surface area contributed by atoms with Gasteiger partial charge in [-0.15, -0.1) is 0 Å². The molecule has 6 unspecified atom stereocenters. The number of rotatable bonds is 5. The number of allylic oxidation sites excluding steroid dienone is 2. The molecule has 3 aromatic rings. The first-order valence-corrected chi connectivity index (χ1v) is 14.6. The molecule has 0 aromatic heterocycles. The van der Waals surface area contributed by atoms with Gasteiger partial charge >= 0.3 is 11.9 Å². The van der Waals surface area contributed by atoms with Gasteiger partial charge in [-0.3, -0.25) is 29.0 Å². The van der Waals surface area contributed by atoms with Gasteiger partial charge in [-0.05, 0) is 61.2 Å². The molecule has 12 heteroatoms. The molecule has 4 amide bonds. The molecule has 46 heavy (non-hydrogen) atoms. The summed E-state index contributed by atoms with van der Waals surface area (Å²) in [7, 11) is 0. The van der Waals surface area contributed by atoms with Gasteiger partial charge in [0.2, 0.25) is 23.6 Å². The number of fused-ring (bicyclic) bond motifs is 4. The normalized spacial score (nSPS) is 26.8. The van der Waals surface area contributed by atoms with Crippen LogP contribution in [0.2, 0.25) is 0 Å². The summed E-state index contributed by atoms with van der Waals surface area (Å²) in [5.74, 6) is -12.3. The molecule has 3 fully saturated rings. The number of imide groups is 2. The van der Waals surface area contributed by atoms with Gasteiger partial charge in [0, 0.05) is 11.5 Å². The Morgan fingerprint density at radius 3 is 1.83 bits per heavy atom. The van der Waals surface area contributed by atoms with Crippen molar-refractivity contribution < 1.29 is 48.5 Å². The fourth-order valence-electron chi connectivity index (χ4n) is 7.78. The zero-order chi connectivity index (χ0) is 32.6. The highest BCUT2D eigenvalue weighted by Gasteiger charge is 2.62. The van der Waals surface area contributed by atoms with E-state index in [2.05, 4.69) is 0 Å². The van der Waals surface area contributed by atoms with Crippen LogP contribution in [-0.4, -0.2) is 50.9 Å². The number of carbonyl (C=O) groups excluding carboxylic acids is 4. The first kappa shape index (κ1) is 29.1. The van der Waals surface area contributed by atoms with Crippen LogP contribution in [0.3, 0.4) is 0 Å². The van der Waals surface area contributed by atoms with Crippen LogP contribution in [-0.2, 0) is 19.2 Å². The number of hydrogen-bond acceptors (Lipinski definition) is 7. The van der Waals surface area contributed by atoms with Gasteiger partial charge in [0.25, 0.3) is 0 Å². The van der Waals surface area contributed by atoms with Crippen LogP contribution in [0.5, 0.6) is 5.75 Å². The van der Waals surface area contributed by atoms with E-state index >= 15 is 0 Å². The van der Waals surface area contributed by atoms with E-state index in [1.54, 1.807) is 6.08 Å². The number of aromatic hydroxyl groups is 1. The maximum atomic E-state index is 14.8. The average Bonchev–Trinajstić information content (AvgIpc) is 3.45. The molecule has 7 rings (SSSR count). The quantitative estimate of drug-likeness (QED) is 0.281. The van der Waals surface area contributed by atoms with Gasteiger partial charge < -0.3 is 15.3 Å². The van der Waals surface area contributed by atoms with Crippen LogP contribution in [0.1, 0.15) is 45.0 Å². The fourth-order valence-corrected chi connectivity index (χ4v) is 7.78. The van der Waals surface area contributed by atoms with Crippen LogP contribution in [0, 0.1) is 35.4 Å². The van der Waals surface area contributed by atoms with E-state index < -0.39 is 82.6 Å². The maximum absolute atomic E-state index is 14.8. The molecule has 0 radical (unpaired) electrons. The molecule has 2 heterocycles. The molecule has 11 nitrogen and oxygen atoms in total. The second-order valence-electron chi connectivity index (χ2n) is 11.9. The highest BCUT2D eigenvalue weighted by molar-refractivity contribution is 6.24. The average molecular weight is 625 g/mol. The lowest BCUT2D eigenvalue weighted by molar-refractivity contribution is -0.126. The molecule has 0 spiro atoms. The monoisotopic (exact) mass is 624 g/mol. The third-order valence-corrected chi connectivity index (χ3v) is 9.70. The minimum atomic E-state index is -1.26. The Hall–Kier alpha value is -5.65. The van der Waals surface area contributed by atoms with Crippen molar-refractivity contribution in [1.29, 1.82) is 0 Å². The van der Waals surface area contributed by atoms with E-state index in [9.17, 15) is 48.5 Å². The van der Waals surface area contributed by atoms with Crippen molar-refractivity contribution in [3.05, 3.63) is 101 Å². The van der Waals surface area contributed by atoms with Crippen LogP contribution < -0.4 is 9.80 Å². The number of anilines is 2. The van der Waals surface area contributed by atoms with E-state index in [1.807, 2.05) is 0 Å². The van der Waals surface area contributed by atoms with Gasteiger partial charge in [0.1, 0.15) is 0 Å². The number of para-hydroxylation sites is 1. The largest absolute Gasteiger partial charge is 0.505 e. The Morgan fingerprint density at radius 2 is 1.24 bits per heavy atom. The standard InChI is InChI=1S/C34H25FN2O9/c35-24-9-3-8-20(28(24)38)25-19-10-11-21-26(31(41)36(29(21)39)17-6-1-4-15(12-17)33(43)44)22(19)14-23-27(25)32(42)37(30(23)40)18-7-2-5-16(13-18)34(45)46/h1-10,12-13,21-23,25-27,38H,11,14H2,(H,43,44)(H,45,46). The number of carboxylic acid groups (broad SMARTS) is 2. The lowest BCUT2D eigenvalue weighted by Crippen LogP contribution is -2.43. The number of aromatic carboxylic acids is 2. The number of amides is 4. The van der Waals surface area contributed by atoms with Crippen molar-refractivity contribution in [1.82, 2.24) is 0 Å². The van der Waals surface area contributed by atoms with Gasteiger partial charge in [-0.2, -0.15) is 0 Å². The molecule has 6 atom stereocenters. The third kappa shape index (κ3) is 4.16. The third-order valence-electron chi connectivity index (χ3n) is 9.70. The highest BCUT2D eigenvalue weighted by Crippen LogP contribution is 2.59. The summed E-state index contributed by atoms with van der Waals surface area (Å²) < 4.78 is 14.8. The van der Waals surface area contributed by atoms with E-state index in [-0.39, 0.29) is 40.9 Å². The van der Waals surface area contributed by atoms with Crippen molar-refractivity contribution in [2.45, 2.75) is 18.8 Å². The summed E-state index contributed by atoms with van der Waals surface area (Å²) in [5.41, 5.74) is 0.445. The predicted octanol–water partition coefficient (Wildman–Crippen LogP) is 3.97. The molecule has 1 saturated carbocycles. The fraction of sp³-hybridized carbons (Fsp3) is 0.235. The number of benzene rings is 3. The Labute approximate surface area is 260 Å². The molecule has 4 aliphatic rings. The molecular formula is C34H25FN2O9. The summed E-state index contributed by atoms with van der Waals surface area (Å²) in [6.45, 7) is 0. The van der Waals surface area contributed by atoms with Crippen LogP contribution >= 0.6 is 0 Å². The Balaban J connectivity index is 1.34. The first-order chi connectivity index (χ1) is 22.0. The van der Waals surface area contributed by atoms with Crippen molar-refractivity contribution in [2.24, 2.45) is 29.6 Å². The molecule has 3 aromatic carbocycles. The minimum Gasteiger partial charge on any atom is -0.505 e. The van der Waals surface area contributed by atoms with E-state index in [0.29, 0.717) is 5.57 Å². The van der Waals surface area contributed by atoms with E-state index in [1.165, 1.54) is 60.7 Å². The Bertz CT molecular complexity index is 1940. The highest BCUT2D eigenvalue weighted by atomic mass is 19.1. The number of nitrogens with zero attached hydrogens (tertiary/aromatic N) is 2. The van der Waals surface area contributed by atoms with E-state index in [0.717, 1.165) is 15.9 Å². The van der Waals surface area contributed by atoms with Gasteiger partial charge in [-0.25, -0.2) is 14.0 Å². The molecule has 2 saturated heterocycles. The molecule has 2 aliphatic heterocycles. The van der Waals surface area contributed by atoms with Crippen LogP contribution in [0.25, 0.3) is 0 Å². The number of phenols is 1. The maximum Gasteiger partial charge on any atom is 0.335 e. The zero-order valence-corrected chi connectivity index (χ0v) is 23.9. The number of carbonyl (C=O) groups is 6. The van der Waals surface area contributed by atoms with Gasteiger partial charge in [0.15, 0.2) is 11.6 Å². The lowest BCUT2D eigenvalue weighted by atomic mass is 9.57. The summed E-state index contributed by atoms with van der Waals surface area (Å²) in [4.78, 5) is 81.1. The number of phenolic OH excluding ortho intramolecular Hbond substituents is 1. The smallest absolute Gasteiger partial charge is 0.335 e. The first-order valence-electron chi connectivity index (χ1n) is 14.6. The SMILES string of the molecule is O=C(O)c1cccc(N2C(=O)C3CC=C4C(CC5C(=O)N(c6cccc(C(=O)O)c6)C(=O)C5C4c4cccc(F)c4O)C3C2=O)c1. The molecule has 2 aliphatic carbocycles.